The highest BCUT2D eigenvalue weighted by molar-refractivity contribution is 5.89. The summed E-state index contributed by atoms with van der Waals surface area (Å²) in [6, 6.07) is 7.14. The molecule has 0 aliphatic heterocycles. The molecule has 1 aromatic rings. The summed E-state index contributed by atoms with van der Waals surface area (Å²) < 4.78 is 4.65. The molecule has 0 amide bonds. The van der Waals surface area contributed by atoms with Crippen molar-refractivity contribution in [2.24, 2.45) is 5.41 Å². The number of carbonyl (C=O) groups is 1. The zero-order chi connectivity index (χ0) is 12.2. The van der Waals surface area contributed by atoms with Crippen LogP contribution < -0.4 is 0 Å². The lowest BCUT2D eigenvalue weighted by atomic mass is 9.97. The molecular weight excluding hydrogens is 200 g/mol. The van der Waals surface area contributed by atoms with Gasteiger partial charge in [-0.1, -0.05) is 17.9 Å². The Kier molecular flexibility index (Phi) is 3.73. The van der Waals surface area contributed by atoms with Gasteiger partial charge in [-0.25, -0.2) is 4.79 Å². The van der Waals surface area contributed by atoms with E-state index >= 15 is 0 Å². The number of esters is 1. The number of hydrogen-bond acceptors (Lipinski definition) is 2. The minimum atomic E-state index is -0.334. The maximum Gasteiger partial charge on any atom is 0.337 e. The Morgan fingerprint density at radius 1 is 1.31 bits per heavy atom. The number of carbonyl (C=O) groups excluding carboxylic acids is 1. The second kappa shape index (κ2) is 4.85. The van der Waals surface area contributed by atoms with Crippen LogP contribution in [0.15, 0.2) is 24.3 Å². The monoisotopic (exact) mass is 216 g/mol. The van der Waals surface area contributed by atoms with Crippen molar-refractivity contribution >= 4 is 5.97 Å². The molecule has 2 nitrogen and oxygen atoms in total. The van der Waals surface area contributed by atoms with Crippen molar-refractivity contribution in [2.45, 2.75) is 20.8 Å². The van der Waals surface area contributed by atoms with Crippen LogP contribution in [0.25, 0.3) is 0 Å². The zero-order valence-electron chi connectivity index (χ0n) is 10.1. The lowest BCUT2D eigenvalue weighted by molar-refractivity contribution is 0.0600. The third kappa shape index (κ3) is 3.78. The molecule has 0 unspecified atom stereocenters. The van der Waals surface area contributed by atoms with Crippen molar-refractivity contribution in [1.82, 2.24) is 0 Å². The Hall–Kier alpha value is -1.75. The minimum Gasteiger partial charge on any atom is -0.465 e. The number of benzene rings is 1. The summed E-state index contributed by atoms with van der Waals surface area (Å²) in [5.74, 6) is 5.83. The highest BCUT2D eigenvalue weighted by atomic mass is 16.5. The predicted molar refractivity (Wildman–Crippen MR) is 64.1 cm³/mol. The first kappa shape index (κ1) is 12.3. The summed E-state index contributed by atoms with van der Waals surface area (Å²) >= 11 is 0. The molecule has 0 radical (unpaired) electrons. The van der Waals surface area contributed by atoms with Crippen LogP contribution in [-0.4, -0.2) is 13.1 Å². The van der Waals surface area contributed by atoms with Gasteiger partial charge in [0.1, 0.15) is 0 Å². The lowest BCUT2D eigenvalue weighted by Crippen LogP contribution is -2.01. The SMILES string of the molecule is COC(=O)c1cccc(C#CC(C)(C)C)c1. The highest BCUT2D eigenvalue weighted by Gasteiger charge is 2.06. The van der Waals surface area contributed by atoms with Gasteiger partial charge >= 0.3 is 5.97 Å². The van der Waals surface area contributed by atoms with Crippen molar-refractivity contribution in [3.63, 3.8) is 0 Å². The maximum atomic E-state index is 11.3. The van der Waals surface area contributed by atoms with Crippen LogP contribution in [0, 0.1) is 17.3 Å². The molecule has 84 valence electrons. The topological polar surface area (TPSA) is 26.3 Å². The standard InChI is InChI=1S/C14H16O2/c1-14(2,3)9-8-11-6-5-7-12(10-11)13(15)16-4/h5-7,10H,1-4H3. The second-order valence-corrected chi connectivity index (χ2v) is 4.57. The fraction of sp³-hybridized carbons (Fsp3) is 0.357. The molecule has 0 heterocycles. The highest BCUT2D eigenvalue weighted by Crippen LogP contribution is 2.11. The molecule has 0 aromatic heterocycles. The molecule has 0 saturated carbocycles. The van der Waals surface area contributed by atoms with Gasteiger partial charge in [-0.05, 0) is 39.0 Å². The number of hydrogen-bond donors (Lipinski definition) is 0. The summed E-state index contributed by atoms with van der Waals surface area (Å²) in [4.78, 5) is 11.3. The predicted octanol–water partition coefficient (Wildman–Crippen LogP) is 2.87. The Morgan fingerprint density at radius 2 is 2.00 bits per heavy atom. The normalized spacial score (nSPS) is 10.2. The van der Waals surface area contributed by atoms with E-state index in [4.69, 9.17) is 0 Å². The summed E-state index contributed by atoms with van der Waals surface area (Å²) in [6.07, 6.45) is 0. The molecule has 0 aliphatic carbocycles. The average Bonchev–Trinajstić information content (AvgIpc) is 2.25. The van der Waals surface area contributed by atoms with Crippen LogP contribution in [-0.2, 0) is 4.74 Å². The van der Waals surface area contributed by atoms with E-state index < -0.39 is 0 Å². The summed E-state index contributed by atoms with van der Waals surface area (Å²) in [6.45, 7) is 6.14. The average molecular weight is 216 g/mol. The van der Waals surface area contributed by atoms with Gasteiger partial charge < -0.3 is 4.74 Å². The first-order valence-electron chi connectivity index (χ1n) is 5.14. The first-order valence-corrected chi connectivity index (χ1v) is 5.14. The molecule has 2 heteroatoms. The smallest absolute Gasteiger partial charge is 0.337 e. The summed E-state index contributed by atoms with van der Waals surface area (Å²) in [5, 5.41) is 0. The quantitative estimate of drug-likeness (QED) is 0.533. The van der Waals surface area contributed by atoms with Gasteiger partial charge in [-0.2, -0.15) is 0 Å². The second-order valence-electron chi connectivity index (χ2n) is 4.57. The van der Waals surface area contributed by atoms with Crippen molar-refractivity contribution in [2.75, 3.05) is 7.11 Å². The molecule has 0 saturated heterocycles. The largest absolute Gasteiger partial charge is 0.465 e. The van der Waals surface area contributed by atoms with E-state index in [1.165, 1.54) is 7.11 Å². The summed E-state index contributed by atoms with van der Waals surface area (Å²) in [5.41, 5.74) is 1.32. The van der Waals surface area contributed by atoms with E-state index in [2.05, 4.69) is 16.6 Å². The fourth-order valence-electron chi connectivity index (χ4n) is 1.10. The van der Waals surface area contributed by atoms with E-state index in [1.54, 1.807) is 18.2 Å². The van der Waals surface area contributed by atoms with Crippen LogP contribution in [0.4, 0.5) is 0 Å². The van der Waals surface area contributed by atoms with E-state index in [1.807, 2.05) is 26.8 Å². The van der Waals surface area contributed by atoms with E-state index in [0.29, 0.717) is 5.56 Å². The van der Waals surface area contributed by atoms with Crippen molar-refractivity contribution in [3.05, 3.63) is 35.4 Å². The number of rotatable bonds is 1. The van der Waals surface area contributed by atoms with Gasteiger partial charge in [0.2, 0.25) is 0 Å². The molecule has 16 heavy (non-hydrogen) atoms. The van der Waals surface area contributed by atoms with E-state index in [9.17, 15) is 4.79 Å². The molecule has 0 bridgehead atoms. The Bertz CT molecular complexity index is 442. The molecule has 1 aromatic carbocycles. The Labute approximate surface area is 96.6 Å². The molecule has 0 fully saturated rings. The van der Waals surface area contributed by atoms with Crippen LogP contribution in [0.1, 0.15) is 36.7 Å². The van der Waals surface area contributed by atoms with Crippen LogP contribution in [0.5, 0.6) is 0 Å². The van der Waals surface area contributed by atoms with Crippen LogP contribution >= 0.6 is 0 Å². The summed E-state index contributed by atoms with van der Waals surface area (Å²) in [7, 11) is 1.37. The van der Waals surface area contributed by atoms with Crippen LogP contribution in [0.3, 0.4) is 0 Å². The molecule has 0 aliphatic rings. The first-order chi connectivity index (χ1) is 7.42. The third-order valence-corrected chi connectivity index (χ3v) is 1.87. The molecule has 0 N–H and O–H groups in total. The number of ether oxygens (including phenoxy) is 1. The van der Waals surface area contributed by atoms with Gasteiger partial charge in [-0.3, -0.25) is 0 Å². The number of methoxy groups -OCH3 is 1. The van der Waals surface area contributed by atoms with Gasteiger partial charge in [0, 0.05) is 11.0 Å². The van der Waals surface area contributed by atoms with Gasteiger partial charge in [0.25, 0.3) is 0 Å². The third-order valence-electron chi connectivity index (χ3n) is 1.87. The Balaban J connectivity index is 2.99. The molecule has 1 rings (SSSR count). The van der Waals surface area contributed by atoms with Crippen molar-refractivity contribution < 1.29 is 9.53 Å². The van der Waals surface area contributed by atoms with Crippen LogP contribution in [0.2, 0.25) is 0 Å². The fourth-order valence-corrected chi connectivity index (χ4v) is 1.10. The Morgan fingerprint density at radius 3 is 2.56 bits per heavy atom. The van der Waals surface area contributed by atoms with E-state index in [-0.39, 0.29) is 11.4 Å². The van der Waals surface area contributed by atoms with Gasteiger partial charge in [0.05, 0.1) is 12.7 Å². The molecular formula is C14H16O2. The zero-order valence-corrected chi connectivity index (χ0v) is 10.1. The molecule has 0 atom stereocenters. The molecule has 0 spiro atoms. The minimum absolute atomic E-state index is 0.0404. The van der Waals surface area contributed by atoms with Crippen molar-refractivity contribution in [1.29, 1.82) is 0 Å². The lowest BCUT2D eigenvalue weighted by Gasteiger charge is -2.06. The van der Waals surface area contributed by atoms with Gasteiger partial charge in [-0.15, -0.1) is 0 Å². The van der Waals surface area contributed by atoms with Gasteiger partial charge in [0.15, 0.2) is 0 Å². The maximum absolute atomic E-state index is 11.3. The van der Waals surface area contributed by atoms with E-state index in [0.717, 1.165) is 5.56 Å². The van der Waals surface area contributed by atoms with Crippen molar-refractivity contribution in [3.8, 4) is 11.8 Å².